The predicted octanol–water partition coefficient (Wildman–Crippen LogP) is 3.27. The average molecular weight is 442 g/mol. The minimum atomic E-state index is -0.543. The van der Waals surface area contributed by atoms with Gasteiger partial charge in [-0.15, -0.1) is 0 Å². The SMILES string of the molecule is Cc1c(CC(C)(C)C)n(C)[n+](CCN2CCC[C@H]2c2ccc(/C=C/C(=O)NO)cc2)c1O. The Bertz CT molecular complexity index is 971. The second-order valence-electron chi connectivity index (χ2n) is 9.95. The highest BCUT2D eigenvalue weighted by Gasteiger charge is 2.31. The number of aromatic nitrogens is 2. The molecule has 1 aliphatic rings. The minimum absolute atomic E-state index is 0.157. The molecular formula is C25H37N4O3+. The molecule has 0 saturated carbocycles. The molecule has 2 heterocycles. The zero-order chi connectivity index (χ0) is 23.5. The van der Waals surface area contributed by atoms with Crippen LogP contribution in [0.5, 0.6) is 5.88 Å². The lowest BCUT2D eigenvalue weighted by Gasteiger charge is -2.23. The Balaban J connectivity index is 1.69. The Labute approximate surface area is 190 Å². The van der Waals surface area contributed by atoms with Gasteiger partial charge < -0.3 is 5.11 Å². The summed E-state index contributed by atoms with van der Waals surface area (Å²) in [5.41, 5.74) is 6.08. The molecule has 7 heteroatoms. The quantitative estimate of drug-likeness (QED) is 0.267. The van der Waals surface area contributed by atoms with Crippen LogP contribution in [0.25, 0.3) is 6.08 Å². The van der Waals surface area contributed by atoms with Gasteiger partial charge in [-0.1, -0.05) is 49.7 Å². The fraction of sp³-hybridized carbons (Fsp3) is 0.520. The number of hydroxylamine groups is 1. The van der Waals surface area contributed by atoms with Crippen molar-refractivity contribution in [2.45, 2.75) is 59.5 Å². The molecular weight excluding hydrogens is 404 g/mol. The predicted molar refractivity (Wildman–Crippen MR) is 124 cm³/mol. The molecule has 32 heavy (non-hydrogen) atoms. The van der Waals surface area contributed by atoms with Crippen LogP contribution in [0.1, 0.15) is 62.0 Å². The number of benzene rings is 1. The largest absolute Gasteiger partial charge is 0.458 e. The van der Waals surface area contributed by atoms with Crippen molar-refractivity contribution >= 4 is 12.0 Å². The topological polar surface area (TPSA) is 81.6 Å². The van der Waals surface area contributed by atoms with Gasteiger partial charge in [0.05, 0.1) is 24.8 Å². The summed E-state index contributed by atoms with van der Waals surface area (Å²) in [6.07, 6.45) is 6.16. The molecule has 1 fully saturated rings. The van der Waals surface area contributed by atoms with Crippen LogP contribution in [0, 0.1) is 12.3 Å². The summed E-state index contributed by atoms with van der Waals surface area (Å²) in [4.78, 5) is 13.6. The number of hydrogen-bond acceptors (Lipinski definition) is 4. The van der Waals surface area contributed by atoms with E-state index in [1.165, 1.54) is 17.3 Å². The molecule has 1 saturated heterocycles. The molecule has 1 atom stereocenters. The summed E-state index contributed by atoms with van der Waals surface area (Å²) in [7, 11) is 2.04. The lowest BCUT2D eigenvalue weighted by molar-refractivity contribution is -0.777. The van der Waals surface area contributed by atoms with Crippen molar-refractivity contribution in [1.82, 2.24) is 15.1 Å². The van der Waals surface area contributed by atoms with E-state index >= 15 is 0 Å². The van der Waals surface area contributed by atoms with Gasteiger partial charge in [-0.25, -0.2) is 5.48 Å². The Hall–Kier alpha value is -2.64. The van der Waals surface area contributed by atoms with Crippen molar-refractivity contribution < 1.29 is 19.8 Å². The van der Waals surface area contributed by atoms with Gasteiger partial charge in [-0.3, -0.25) is 14.9 Å². The van der Waals surface area contributed by atoms with Crippen molar-refractivity contribution in [3.05, 3.63) is 52.7 Å². The first-order valence-corrected chi connectivity index (χ1v) is 11.3. The van der Waals surface area contributed by atoms with Crippen LogP contribution in [-0.2, 0) is 24.8 Å². The number of nitrogens with zero attached hydrogens (tertiary/aromatic N) is 3. The summed E-state index contributed by atoms with van der Waals surface area (Å²) in [5.74, 6) is -0.177. The summed E-state index contributed by atoms with van der Waals surface area (Å²) >= 11 is 0. The van der Waals surface area contributed by atoms with Crippen molar-refractivity contribution in [2.75, 3.05) is 13.1 Å². The van der Waals surface area contributed by atoms with Crippen LogP contribution in [0.15, 0.2) is 30.3 Å². The van der Waals surface area contributed by atoms with E-state index < -0.39 is 5.91 Å². The van der Waals surface area contributed by atoms with Crippen LogP contribution >= 0.6 is 0 Å². The van der Waals surface area contributed by atoms with Gasteiger partial charge in [-0.05, 0) is 55.3 Å². The van der Waals surface area contributed by atoms with Crippen molar-refractivity contribution in [1.29, 1.82) is 0 Å². The molecule has 0 aliphatic carbocycles. The van der Waals surface area contributed by atoms with Gasteiger partial charge >= 0.3 is 5.88 Å². The third-order valence-electron chi connectivity index (χ3n) is 6.28. The third kappa shape index (κ3) is 5.58. The lowest BCUT2D eigenvalue weighted by Crippen LogP contribution is -2.46. The first-order chi connectivity index (χ1) is 15.1. The van der Waals surface area contributed by atoms with Crippen LogP contribution in [0.4, 0.5) is 0 Å². The van der Waals surface area contributed by atoms with E-state index in [4.69, 9.17) is 5.21 Å². The minimum Gasteiger partial charge on any atom is -0.458 e. The van der Waals surface area contributed by atoms with Crippen molar-refractivity contribution in [3.63, 3.8) is 0 Å². The van der Waals surface area contributed by atoms with E-state index in [-0.39, 0.29) is 5.41 Å². The highest BCUT2D eigenvalue weighted by atomic mass is 16.5. The van der Waals surface area contributed by atoms with Gasteiger partial charge in [0.2, 0.25) is 0 Å². The molecule has 0 bridgehead atoms. The number of aromatic hydroxyl groups is 1. The molecule has 1 amide bonds. The Morgan fingerprint density at radius 2 is 1.97 bits per heavy atom. The number of carbonyl (C=O) groups excluding carboxylic acids is 1. The first-order valence-electron chi connectivity index (χ1n) is 11.3. The molecule has 0 radical (unpaired) electrons. The van der Waals surface area contributed by atoms with Gasteiger partial charge in [-0.2, -0.15) is 4.68 Å². The highest BCUT2D eigenvalue weighted by molar-refractivity contribution is 5.90. The van der Waals surface area contributed by atoms with Crippen molar-refractivity contribution in [2.24, 2.45) is 12.5 Å². The molecule has 3 rings (SSSR count). The van der Waals surface area contributed by atoms with Gasteiger partial charge in [0.15, 0.2) is 6.54 Å². The molecule has 1 aliphatic heterocycles. The van der Waals surface area contributed by atoms with E-state index in [0.29, 0.717) is 11.9 Å². The maximum absolute atomic E-state index is 11.2. The average Bonchev–Trinajstić information content (AvgIpc) is 3.29. The Kier molecular flexibility index (Phi) is 7.41. The number of likely N-dealkylation sites (tertiary alicyclic amines) is 1. The van der Waals surface area contributed by atoms with Crippen LogP contribution in [0.3, 0.4) is 0 Å². The number of nitrogens with one attached hydrogen (secondary N) is 1. The number of amides is 1. The second-order valence-corrected chi connectivity index (χ2v) is 9.95. The van der Waals surface area contributed by atoms with Gasteiger partial charge in [0.1, 0.15) is 0 Å². The monoisotopic (exact) mass is 441 g/mol. The van der Waals surface area contributed by atoms with E-state index in [1.54, 1.807) is 11.6 Å². The van der Waals surface area contributed by atoms with E-state index in [2.05, 4.69) is 42.5 Å². The van der Waals surface area contributed by atoms with E-state index in [9.17, 15) is 9.90 Å². The Morgan fingerprint density at radius 3 is 2.59 bits per heavy atom. The normalized spacial score (nSPS) is 17.4. The maximum Gasteiger partial charge on any atom is 0.394 e. The van der Waals surface area contributed by atoms with Gasteiger partial charge in [0.25, 0.3) is 5.91 Å². The number of rotatable bonds is 7. The fourth-order valence-electron chi connectivity index (χ4n) is 4.59. The molecule has 1 aromatic heterocycles. The smallest absolute Gasteiger partial charge is 0.394 e. The number of hydrogen-bond donors (Lipinski definition) is 3. The zero-order valence-corrected chi connectivity index (χ0v) is 19.9. The molecule has 0 unspecified atom stereocenters. The lowest BCUT2D eigenvalue weighted by atomic mass is 9.89. The molecule has 174 valence electrons. The standard InChI is InChI=1S/C25H36N4O3/c1-18-22(17-25(2,3)4)27(5)29(24(18)31)16-15-28-14-6-7-21(28)20-11-8-19(9-12-20)10-13-23(30)26-32/h8-13,21H,6-7,14-17H2,1-5H3,(H2,26,30,32)/p+1/b13-10+/t21-/m0/s1. The molecule has 3 N–H and O–H groups in total. The Morgan fingerprint density at radius 1 is 1.28 bits per heavy atom. The van der Waals surface area contributed by atoms with E-state index in [0.717, 1.165) is 50.0 Å². The summed E-state index contributed by atoms with van der Waals surface area (Å²) in [5, 5.41) is 19.4. The van der Waals surface area contributed by atoms with Crippen LogP contribution in [0.2, 0.25) is 0 Å². The molecule has 1 aromatic carbocycles. The third-order valence-corrected chi connectivity index (χ3v) is 6.28. The maximum atomic E-state index is 11.2. The van der Waals surface area contributed by atoms with Crippen molar-refractivity contribution in [3.8, 4) is 5.88 Å². The highest BCUT2D eigenvalue weighted by Crippen LogP contribution is 2.32. The van der Waals surface area contributed by atoms with Gasteiger partial charge in [0, 0.05) is 12.1 Å². The number of carbonyl (C=O) groups is 1. The second kappa shape index (κ2) is 9.88. The van der Waals surface area contributed by atoms with E-state index in [1.807, 2.05) is 30.8 Å². The molecule has 2 aromatic rings. The molecule has 7 nitrogen and oxygen atoms in total. The fourth-order valence-corrected chi connectivity index (χ4v) is 4.59. The first kappa shape index (κ1) is 24.0. The summed E-state index contributed by atoms with van der Waals surface area (Å²) < 4.78 is 4.11. The van der Waals surface area contributed by atoms with Crippen LogP contribution in [-0.4, -0.2) is 38.9 Å². The molecule has 0 spiro atoms. The summed E-state index contributed by atoms with van der Waals surface area (Å²) in [6, 6.07) is 8.56. The summed E-state index contributed by atoms with van der Waals surface area (Å²) in [6.45, 7) is 11.3. The zero-order valence-electron chi connectivity index (χ0n) is 19.9. The van der Waals surface area contributed by atoms with Crippen LogP contribution < -0.4 is 10.2 Å².